The number of nitriles is 6. The van der Waals surface area contributed by atoms with Crippen LogP contribution in [-0.2, 0) is 0 Å². The second-order valence-corrected chi connectivity index (χ2v) is 6.84. The zero-order valence-electron chi connectivity index (χ0n) is 15.0. The molecule has 0 saturated carbocycles. The summed E-state index contributed by atoms with van der Waals surface area (Å²) < 4.78 is 3.23. The van der Waals surface area contributed by atoms with Crippen molar-refractivity contribution in [1.82, 2.24) is 9.36 Å². The summed E-state index contributed by atoms with van der Waals surface area (Å²) >= 11 is 0. The number of anilines is 3. The molecule has 0 radical (unpaired) electrons. The van der Waals surface area contributed by atoms with Crippen molar-refractivity contribution in [3.05, 3.63) is 0 Å². The molecule has 12 nitrogen and oxygen atoms in total. The maximum Gasteiger partial charge on any atom is 0.184 e. The second kappa shape index (κ2) is 5.66. The van der Waals surface area contributed by atoms with Crippen LogP contribution in [0.3, 0.4) is 0 Å². The summed E-state index contributed by atoms with van der Waals surface area (Å²) in [5.74, 6) is 0. The summed E-state index contributed by atoms with van der Waals surface area (Å²) in [6.45, 7) is -0.0338. The maximum atomic E-state index is 9.69. The molecule has 2 N–H and O–H groups in total. The highest BCUT2D eigenvalue weighted by Crippen LogP contribution is 2.57. The molecule has 0 fully saturated rings. The lowest BCUT2D eigenvalue weighted by molar-refractivity contribution is 0.230. The van der Waals surface area contributed by atoms with E-state index in [1.807, 2.05) is 24.4 Å². The van der Waals surface area contributed by atoms with Gasteiger partial charge in [0.25, 0.3) is 0 Å². The summed E-state index contributed by atoms with van der Waals surface area (Å²) in [6.07, 6.45) is 2.04. The molecule has 3 aliphatic heterocycles. The summed E-state index contributed by atoms with van der Waals surface area (Å²) in [5, 5.41) is 63.0. The molecule has 0 amide bonds. The minimum absolute atomic E-state index is 0.0338. The Morgan fingerprint density at radius 2 is 1.40 bits per heavy atom. The number of nitrogens with one attached hydrogen (secondary N) is 2. The summed E-state index contributed by atoms with van der Waals surface area (Å²) in [4.78, 5) is 5.68. The third kappa shape index (κ3) is 1.75. The average molecular weight is 392 g/mol. The molecule has 12 heteroatoms. The molecule has 5 rings (SSSR count). The summed E-state index contributed by atoms with van der Waals surface area (Å²) in [7, 11) is 0. The molecule has 0 saturated heterocycles. The molecule has 1 aromatic carbocycles. The summed E-state index contributed by atoms with van der Waals surface area (Å²) in [5.41, 5.74) is 2.64. The van der Waals surface area contributed by atoms with Crippen LogP contribution in [0.4, 0.5) is 22.7 Å². The van der Waals surface area contributed by atoms with Crippen LogP contribution in [0, 0.1) is 68.1 Å². The molecule has 0 spiro atoms. The number of hydrogen-bond acceptors (Lipinski definition) is 10. The number of nitrogens with zero attached hydrogens (tertiary/aromatic N) is 10. The van der Waals surface area contributed by atoms with Gasteiger partial charge in [-0.3, -0.25) is 14.3 Å². The maximum absolute atomic E-state index is 9.69. The normalized spacial score (nSPS) is 25.0. The van der Waals surface area contributed by atoms with E-state index in [4.69, 9.17) is 0 Å². The first kappa shape index (κ1) is 17.0. The topological polar surface area (TPSA) is 192 Å². The van der Waals surface area contributed by atoms with Gasteiger partial charge in [-0.1, -0.05) is 0 Å². The van der Waals surface area contributed by atoms with Gasteiger partial charge in [0.2, 0.25) is 0 Å². The van der Waals surface area contributed by atoms with Crippen LogP contribution in [0.1, 0.15) is 12.1 Å². The molecular formula is C18H8N12. The predicted octanol–water partition coefficient (Wildman–Crippen LogP) is 1.10. The molecule has 3 aliphatic rings. The number of benzene rings is 1. The zero-order chi connectivity index (χ0) is 21.2. The number of aromatic nitrogens is 2. The first-order valence-corrected chi connectivity index (χ1v) is 8.72. The van der Waals surface area contributed by atoms with Crippen molar-refractivity contribution in [3.63, 3.8) is 0 Å². The second-order valence-electron chi connectivity index (χ2n) is 6.84. The van der Waals surface area contributed by atoms with E-state index in [-0.39, 0.29) is 17.9 Å². The molecule has 30 heavy (non-hydrogen) atoms. The van der Waals surface area contributed by atoms with Gasteiger partial charge in [-0.25, -0.2) is 4.99 Å². The number of fused-ring (bicyclic) bond motifs is 9. The van der Waals surface area contributed by atoms with E-state index in [1.165, 1.54) is 4.90 Å². The lowest BCUT2D eigenvalue weighted by Crippen LogP contribution is -2.48. The Balaban J connectivity index is 1.90. The monoisotopic (exact) mass is 392 g/mol. The fraction of sp³-hybridized carbons (Fsp3) is 0.278. The molecule has 1 aromatic heterocycles. The van der Waals surface area contributed by atoms with Crippen molar-refractivity contribution in [3.8, 4) is 36.5 Å². The van der Waals surface area contributed by atoms with Gasteiger partial charge in [0.05, 0.1) is 42.2 Å². The van der Waals surface area contributed by atoms with Gasteiger partial charge in [0, 0.05) is 0 Å². The largest absolute Gasteiger partial charge is 0.364 e. The Bertz CT molecular complexity index is 1430. The lowest BCUT2D eigenvalue weighted by atomic mass is 9.95. The van der Waals surface area contributed by atoms with Crippen molar-refractivity contribution < 1.29 is 0 Å². The standard InChI is InChI=1S/C18H8N12/c19-1-8-6-28(7-24)16-14(25-8)13-15(27-10(3-21)9(2-20)26-13)17-18(16)30-12(5-23)11(4-22)29(17)30/h9-12,26-27H,6H2. The predicted molar refractivity (Wildman–Crippen MR) is 101 cm³/mol. The van der Waals surface area contributed by atoms with Crippen LogP contribution in [0.2, 0.25) is 0 Å². The van der Waals surface area contributed by atoms with Crippen molar-refractivity contribution in [2.75, 3.05) is 22.1 Å². The molecule has 140 valence electrons. The van der Waals surface area contributed by atoms with Crippen molar-refractivity contribution >= 4 is 39.5 Å². The van der Waals surface area contributed by atoms with Crippen LogP contribution in [0.5, 0.6) is 0 Å². The highest BCUT2D eigenvalue weighted by molar-refractivity contribution is 6.19. The minimum Gasteiger partial charge on any atom is -0.364 e. The van der Waals surface area contributed by atoms with Crippen LogP contribution in [0.15, 0.2) is 4.99 Å². The molecule has 0 bridgehead atoms. The van der Waals surface area contributed by atoms with E-state index in [9.17, 15) is 31.6 Å². The molecule has 4 heterocycles. The SMILES string of the molecule is N#CC1=Nc2c3c(c4c(c2N(C#N)C1)n1n4C(C#N)C1C#N)NC(C#N)C(C#N)N3. The highest BCUT2D eigenvalue weighted by atomic mass is 15.6. The van der Waals surface area contributed by atoms with Gasteiger partial charge >= 0.3 is 0 Å². The first-order valence-electron chi connectivity index (χ1n) is 8.72. The average Bonchev–Trinajstić information content (AvgIpc) is 2.77. The number of hydrogen-bond donors (Lipinski definition) is 2. The van der Waals surface area contributed by atoms with E-state index < -0.39 is 24.2 Å². The Hall–Kier alpha value is -5.17. The first-order chi connectivity index (χ1) is 14.6. The van der Waals surface area contributed by atoms with Gasteiger partial charge in [0.1, 0.15) is 46.3 Å². The van der Waals surface area contributed by atoms with Crippen LogP contribution >= 0.6 is 0 Å². The third-order valence-corrected chi connectivity index (χ3v) is 5.46. The van der Waals surface area contributed by atoms with Crippen LogP contribution in [0.25, 0.3) is 11.0 Å². The van der Waals surface area contributed by atoms with Crippen LogP contribution in [-0.4, -0.2) is 33.7 Å². The molecule has 4 atom stereocenters. The van der Waals surface area contributed by atoms with E-state index in [0.29, 0.717) is 28.1 Å². The third-order valence-electron chi connectivity index (χ3n) is 5.46. The molecular weight excluding hydrogens is 384 g/mol. The number of rotatable bonds is 0. The summed E-state index contributed by atoms with van der Waals surface area (Å²) in [6, 6.07) is 6.96. The Morgan fingerprint density at radius 1 is 0.800 bits per heavy atom. The van der Waals surface area contributed by atoms with E-state index in [0.717, 1.165) is 0 Å². The van der Waals surface area contributed by atoms with E-state index >= 15 is 0 Å². The fourth-order valence-corrected chi connectivity index (χ4v) is 4.18. The minimum atomic E-state index is -0.894. The van der Waals surface area contributed by atoms with Gasteiger partial charge in [-0.05, 0) is 0 Å². The smallest absolute Gasteiger partial charge is 0.184 e. The van der Waals surface area contributed by atoms with Crippen molar-refractivity contribution in [1.29, 1.82) is 31.6 Å². The molecule has 2 aromatic rings. The van der Waals surface area contributed by atoms with E-state index in [1.54, 1.807) is 9.36 Å². The zero-order valence-corrected chi connectivity index (χ0v) is 15.0. The highest BCUT2D eigenvalue weighted by Gasteiger charge is 2.48. The quantitative estimate of drug-likeness (QED) is 0.617. The van der Waals surface area contributed by atoms with Crippen molar-refractivity contribution in [2.24, 2.45) is 4.99 Å². The number of aliphatic imine (C=N–C) groups is 1. The Morgan fingerprint density at radius 3 is 1.93 bits per heavy atom. The molecule has 4 unspecified atom stereocenters. The van der Waals surface area contributed by atoms with E-state index in [2.05, 4.69) is 27.8 Å². The Labute approximate surface area is 168 Å². The van der Waals surface area contributed by atoms with Gasteiger partial charge in [-0.2, -0.15) is 31.6 Å². The Kier molecular flexibility index (Phi) is 3.20. The van der Waals surface area contributed by atoms with Crippen LogP contribution < -0.4 is 15.5 Å². The lowest BCUT2D eigenvalue weighted by Gasteiger charge is -2.46. The fourth-order valence-electron chi connectivity index (χ4n) is 4.18. The van der Waals surface area contributed by atoms with Gasteiger partial charge in [0.15, 0.2) is 18.3 Å². The van der Waals surface area contributed by atoms with Gasteiger partial charge < -0.3 is 10.6 Å². The van der Waals surface area contributed by atoms with Crippen molar-refractivity contribution in [2.45, 2.75) is 24.2 Å². The molecule has 0 aliphatic carbocycles. The van der Waals surface area contributed by atoms with Gasteiger partial charge in [-0.15, -0.1) is 0 Å².